The molecule has 46 heavy (non-hydrogen) atoms. The molecule has 0 spiro atoms. The van der Waals surface area contributed by atoms with Gasteiger partial charge < -0.3 is 36.1 Å². The van der Waals surface area contributed by atoms with Crippen LogP contribution in [0.4, 0.5) is 17.1 Å². The molecule has 6 N–H and O–H groups in total. The third-order valence-corrected chi connectivity index (χ3v) is 8.77. The van der Waals surface area contributed by atoms with Crippen LogP contribution in [0.3, 0.4) is 0 Å². The topological polar surface area (TPSA) is 146 Å². The van der Waals surface area contributed by atoms with Crippen LogP contribution in [0.25, 0.3) is 0 Å². The average molecular weight is 631 g/mol. The molecular formula is C36H46N4O6. The Bertz CT molecular complexity index is 1420. The fourth-order valence-electron chi connectivity index (χ4n) is 6.16. The molecule has 2 fully saturated rings. The monoisotopic (exact) mass is 630 g/mol. The summed E-state index contributed by atoms with van der Waals surface area (Å²) in [6.07, 6.45) is 4.76. The van der Waals surface area contributed by atoms with Crippen LogP contribution in [0.15, 0.2) is 72.8 Å². The maximum Gasteiger partial charge on any atom is 0.224 e. The van der Waals surface area contributed by atoms with Crippen LogP contribution >= 0.6 is 0 Å². The minimum absolute atomic E-state index is 0.00919. The van der Waals surface area contributed by atoms with Crippen molar-refractivity contribution < 1.29 is 29.3 Å². The van der Waals surface area contributed by atoms with E-state index in [-0.39, 0.29) is 43.3 Å². The molecule has 4 atom stereocenters. The Balaban J connectivity index is 1.11. The van der Waals surface area contributed by atoms with Crippen LogP contribution in [0.1, 0.15) is 80.5 Å². The number of hydrogen-bond acceptors (Lipinski definition) is 8. The first-order valence-electron chi connectivity index (χ1n) is 16.3. The quantitative estimate of drug-likeness (QED) is 0.119. The number of hydrogen-bond donors (Lipinski definition) is 5. The summed E-state index contributed by atoms with van der Waals surface area (Å²) in [6.45, 7) is 1.80. The Labute approximate surface area is 270 Å². The molecule has 3 aromatic rings. The van der Waals surface area contributed by atoms with Crippen molar-refractivity contribution in [3.8, 4) is 0 Å². The zero-order valence-electron chi connectivity index (χ0n) is 26.3. The molecule has 2 amide bonds. The van der Waals surface area contributed by atoms with E-state index in [1.54, 1.807) is 12.1 Å². The Hall–Kier alpha value is -3.80. The molecule has 0 saturated carbocycles. The first kappa shape index (κ1) is 33.6. The van der Waals surface area contributed by atoms with E-state index in [1.807, 2.05) is 60.7 Å². The van der Waals surface area contributed by atoms with E-state index in [0.29, 0.717) is 49.2 Å². The summed E-state index contributed by atoms with van der Waals surface area (Å²) in [5.41, 5.74) is 10.5. The number of unbranched alkanes of at least 4 members (excludes halogenated alkanes) is 2. The van der Waals surface area contributed by atoms with E-state index in [2.05, 4.69) is 15.5 Å². The van der Waals surface area contributed by atoms with E-state index in [0.717, 1.165) is 49.0 Å². The molecule has 10 heteroatoms. The molecule has 3 aromatic carbocycles. The van der Waals surface area contributed by atoms with E-state index < -0.39 is 6.29 Å². The second-order valence-corrected chi connectivity index (χ2v) is 12.2. The predicted molar refractivity (Wildman–Crippen MR) is 178 cm³/mol. The van der Waals surface area contributed by atoms with E-state index >= 15 is 0 Å². The van der Waals surface area contributed by atoms with Gasteiger partial charge in [-0.05, 0) is 67.6 Å². The Kier molecular flexibility index (Phi) is 12.2. The SMILES string of the molecule is Nc1ccccc1NC(=O)CCCCCC(=O)Nc1ccc([C@@H]2O[C@H](CN3CCC[C@H]3CO)C[C@H](c3ccc(CO)cc3)O2)cc1. The number of carbonyl (C=O) groups is 2. The summed E-state index contributed by atoms with van der Waals surface area (Å²) in [4.78, 5) is 27.1. The van der Waals surface area contributed by atoms with Crippen molar-refractivity contribution >= 4 is 28.9 Å². The van der Waals surface area contributed by atoms with E-state index in [1.165, 1.54) is 0 Å². The molecule has 2 heterocycles. The van der Waals surface area contributed by atoms with Crippen LogP contribution in [0.2, 0.25) is 0 Å². The second kappa shape index (κ2) is 16.7. The number of likely N-dealkylation sites (tertiary alicyclic amines) is 1. The number of nitrogens with two attached hydrogens (primary N) is 1. The highest BCUT2D eigenvalue weighted by Crippen LogP contribution is 2.39. The lowest BCUT2D eigenvalue weighted by atomic mass is 9.99. The molecule has 5 rings (SSSR count). The zero-order valence-corrected chi connectivity index (χ0v) is 26.3. The molecule has 0 unspecified atom stereocenters. The maximum absolute atomic E-state index is 12.6. The molecule has 246 valence electrons. The van der Waals surface area contributed by atoms with Gasteiger partial charge in [0.25, 0.3) is 0 Å². The number of ether oxygens (including phenoxy) is 2. The minimum Gasteiger partial charge on any atom is -0.397 e. The summed E-state index contributed by atoms with van der Waals surface area (Å²) in [7, 11) is 0. The number of nitrogen functional groups attached to an aromatic ring is 1. The number of aliphatic hydroxyl groups excluding tert-OH is 2. The Morgan fingerprint density at radius 2 is 1.54 bits per heavy atom. The first-order valence-corrected chi connectivity index (χ1v) is 16.3. The summed E-state index contributed by atoms with van der Waals surface area (Å²) in [5, 5.41) is 25.1. The van der Waals surface area contributed by atoms with Gasteiger partial charge in [0.1, 0.15) is 0 Å². The number of rotatable bonds is 14. The highest BCUT2D eigenvalue weighted by Gasteiger charge is 2.35. The highest BCUT2D eigenvalue weighted by molar-refractivity contribution is 5.93. The van der Waals surface area contributed by atoms with Crippen LogP contribution in [0, 0.1) is 0 Å². The maximum atomic E-state index is 12.6. The van der Waals surface area contributed by atoms with Crippen molar-refractivity contribution in [2.75, 3.05) is 36.1 Å². The van der Waals surface area contributed by atoms with Gasteiger partial charge in [-0.15, -0.1) is 0 Å². The molecule has 0 bridgehead atoms. The van der Waals surface area contributed by atoms with Gasteiger partial charge in [0.2, 0.25) is 11.8 Å². The number of anilines is 3. The van der Waals surface area contributed by atoms with Crippen molar-refractivity contribution in [1.82, 2.24) is 4.90 Å². The van der Waals surface area contributed by atoms with Crippen molar-refractivity contribution in [3.63, 3.8) is 0 Å². The normalized spacial score (nSPS) is 21.6. The first-order chi connectivity index (χ1) is 22.4. The number of carbonyl (C=O) groups excluding carboxylic acids is 2. The minimum atomic E-state index is -0.586. The number of nitrogens with one attached hydrogen (secondary N) is 2. The van der Waals surface area contributed by atoms with E-state index in [9.17, 15) is 19.8 Å². The van der Waals surface area contributed by atoms with Gasteiger partial charge >= 0.3 is 0 Å². The molecule has 2 saturated heterocycles. The van der Waals surface area contributed by atoms with Gasteiger partial charge in [-0.1, -0.05) is 55.0 Å². The largest absolute Gasteiger partial charge is 0.397 e. The third kappa shape index (κ3) is 9.37. The van der Waals surface area contributed by atoms with Gasteiger partial charge in [-0.2, -0.15) is 0 Å². The third-order valence-electron chi connectivity index (χ3n) is 8.77. The van der Waals surface area contributed by atoms with Gasteiger partial charge in [-0.25, -0.2) is 0 Å². The van der Waals surface area contributed by atoms with Crippen LogP contribution in [-0.4, -0.2) is 58.8 Å². The van der Waals surface area contributed by atoms with Crippen LogP contribution < -0.4 is 16.4 Å². The van der Waals surface area contributed by atoms with Gasteiger partial charge in [0.05, 0.1) is 36.8 Å². The van der Waals surface area contributed by atoms with Gasteiger partial charge in [-0.3, -0.25) is 14.5 Å². The van der Waals surface area contributed by atoms with Crippen LogP contribution in [0.5, 0.6) is 0 Å². The van der Waals surface area contributed by atoms with Crippen molar-refractivity contribution in [3.05, 3.63) is 89.5 Å². The molecule has 0 radical (unpaired) electrons. The predicted octanol–water partition coefficient (Wildman–Crippen LogP) is 5.29. The van der Waals surface area contributed by atoms with E-state index in [4.69, 9.17) is 15.2 Å². The van der Waals surface area contributed by atoms with Crippen molar-refractivity contribution in [2.24, 2.45) is 0 Å². The number of amides is 2. The van der Waals surface area contributed by atoms with Crippen molar-refractivity contribution in [2.45, 2.75) is 82.5 Å². The average Bonchev–Trinajstić information content (AvgIpc) is 3.53. The molecule has 0 aliphatic carbocycles. The van der Waals surface area contributed by atoms with Crippen LogP contribution in [-0.2, 0) is 25.7 Å². The second-order valence-electron chi connectivity index (χ2n) is 12.2. The standard InChI is InChI=1S/C36H46N4O6/c37-31-8-4-5-9-32(31)39-35(44)11-3-1-2-10-34(43)38-28-18-16-27(17-19-28)36-45-30(22-40-20-6-7-29(40)24-42)21-33(46-36)26-14-12-25(23-41)13-15-26/h4-5,8-9,12-19,29-30,33,36,41-42H,1-3,6-7,10-11,20-24,37H2,(H,38,43)(H,39,44)/t29-,30-,33+,36+/m0/s1. The molecule has 10 nitrogen and oxygen atoms in total. The number of para-hydroxylation sites is 2. The molecule has 2 aliphatic rings. The van der Waals surface area contributed by atoms with Gasteiger partial charge in [0, 0.05) is 43.1 Å². The zero-order chi connectivity index (χ0) is 32.3. The Morgan fingerprint density at radius 1 is 0.848 bits per heavy atom. The lowest BCUT2D eigenvalue weighted by molar-refractivity contribution is -0.253. The lowest BCUT2D eigenvalue weighted by Crippen LogP contribution is -2.42. The molecule has 2 aliphatic heterocycles. The smallest absolute Gasteiger partial charge is 0.224 e. The summed E-state index contributed by atoms with van der Waals surface area (Å²) in [6, 6.07) is 22.7. The van der Waals surface area contributed by atoms with Crippen molar-refractivity contribution in [1.29, 1.82) is 0 Å². The molecule has 0 aromatic heterocycles. The number of aliphatic hydroxyl groups is 2. The summed E-state index contributed by atoms with van der Waals surface area (Å²) in [5.74, 6) is -0.161. The number of nitrogens with zero attached hydrogens (tertiary/aromatic N) is 1. The molecular weight excluding hydrogens is 584 g/mol. The fourth-order valence-corrected chi connectivity index (χ4v) is 6.16. The highest BCUT2D eigenvalue weighted by atomic mass is 16.7. The number of benzene rings is 3. The summed E-state index contributed by atoms with van der Waals surface area (Å²) < 4.78 is 12.9. The Morgan fingerprint density at radius 3 is 2.24 bits per heavy atom. The summed E-state index contributed by atoms with van der Waals surface area (Å²) >= 11 is 0. The van der Waals surface area contributed by atoms with Gasteiger partial charge in [0.15, 0.2) is 6.29 Å². The lowest BCUT2D eigenvalue weighted by Gasteiger charge is -2.38. The fraction of sp³-hybridized carbons (Fsp3) is 0.444.